The largest absolute Gasteiger partial charge is 0.469 e. The fraction of sp³-hybridized carbons (Fsp3) is 0.357. The lowest BCUT2D eigenvalue weighted by Crippen LogP contribution is -2.26. The van der Waals surface area contributed by atoms with Crippen molar-refractivity contribution in [3.8, 4) is 0 Å². The van der Waals surface area contributed by atoms with E-state index < -0.39 is 5.60 Å². The highest BCUT2D eigenvalue weighted by Crippen LogP contribution is 2.39. The molecule has 0 saturated heterocycles. The van der Waals surface area contributed by atoms with Gasteiger partial charge < -0.3 is 14.4 Å². The second-order valence-corrected chi connectivity index (χ2v) is 4.77. The van der Waals surface area contributed by atoms with Gasteiger partial charge in [0.05, 0.1) is 19.2 Å². The average Bonchev–Trinajstić information content (AvgIpc) is 2.88. The lowest BCUT2D eigenvalue weighted by molar-refractivity contribution is -0.146. The summed E-state index contributed by atoms with van der Waals surface area (Å²) >= 11 is 0. The Morgan fingerprint density at radius 2 is 2.28 bits per heavy atom. The summed E-state index contributed by atoms with van der Waals surface area (Å²) in [5.41, 5.74) is 0.828. The van der Waals surface area contributed by atoms with E-state index in [-0.39, 0.29) is 12.4 Å². The molecule has 94 valence electrons. The van der Waals surface area contributed by atoms with Crippen molar-refractivity contribution < 1.29 is 14.6 Å². The van der Waals surface area contributed by atoms with Crippen LogP contribution in [0.5, 0.6) is 0 Å². The fourth-order valence-corrected chi connectivity index (χ4v) is 2.75. The molecule has 4 heteroatoms. The minimum Gasteiger partial charge on any atom is -0.469 e. The van der Waals surface area contributed by atoms with Gasteiger partial charge in [-0.05, 0) is 17.5 Å². The normalized spacial score (nSPS) is 22.1. The Labute approximate surface area is 105 Å². The SMILES string of the molecule is COC(=O)CC1(O)CCn2c1cc1ccccc12. The molecule has 18 heavy (non-hydrogen) atoms. The van der Waals surface area contributed by atoms with Gasteiger partial charge in [0.1, 0.15) is 5.60 Å². The molecule has 0 fully saturated rings. The fourth-order valence-electron chi connectivity index (χ4n) is 2.75. The number of methoxy groups -OCH3 is 1. The van der Waals surface area contributed by atoms with E-state index in [1.807, 2.05) is 30.3 Å². The third kappa shape index (κ3) is 1.53. The molecule has 1 aliphatic heterocycles. The minimum absolute atomic E-state index is 0.0137. The van der Waals surface area contributed by atoms with Crippen LogP contribution < -0.4 is 0 Å². The predicted octanol–water partition coefficient (Wildman–Crippen LogP) is 1.80. The monoisotopic (exact) mass is 245 g/mol. The third-order valence-corrected chi connectivity index (χ3v) is 3.70. The van der Waals surface area contributed by atoms with Crippen molar-refractivity contribution in [1.82, 2.24) is 4.57 Å². The number of fused-ring (bicyclic) bond motifs is 3. The first-order valence-corrected chi connectivity index (χ1v) is 6.02. The maximum Gasteiger partial charge on any atom is 0.308 e. The maximum atomic E-state index is 11.4. The number of aryl methyl sites for hydroxylation is 1. The Hall–Kier alpha value is -1.81. The van der Waals surface area contributed by atoms with Crippen molar-refractivity contribution in [2.24, 2.45) is 0 Å². The van der Waals surface area contributed by atoms with Crippen molar-refractivity contribution in [2.45, 2.75) is 25.0 Å². The molecule has 3 rings (SSSR count). The molecule has 1 atom stereocenters. The topological polar surface area (TPSA) is 51.5 Å². The number of ether oxygens (including phenoxy) is 1. The molecule has 2 aromatic rings. The predicted molar refractivity (Wildman–Crippen MR) is 67.1 cm³/mol. The molecular weight excluding hydrogens is 230 g/mol. The van der Waals surface area contributed by atoms with Gasteiger partial charge in [-0.3, -0.25) is 4.79 Å². The molecule has 4 nitrogen and oxygen atoms in total. The van der Waals surface area contributed by atoms with Gasteiger partial charge in [0.2, 0.25) is 0 Å². The molecule has 1 N–H and O–H groups in total. The Kier molecular flexibility index (Phi) is 2.41. The molecule has 0 bridgehead atoms. The van der Waals surface area contributed by atoms with Gasteiger partial charge in [0, 0.05) is 18.5 Å². The summed E-state index contributed by atoms with van der Waals surface area (Å²) in [5.74, 6) is -0.379. The van der Waals surface area contributed by atoms with E-state index in [0.29, 0.717) is 6.42 Å². The van der Waals surface area contributed by atoms with Gasteiger partial charge in [-0.2, -0.15) is 0 Å². The first-order valence-electron chi connectivity index (χ1n) is 6.02. The molecule has 1 aromatic heterocycles. The van der Waals surface area contributed by atoms with Gasteiger partial charge in [-0.1, -0.05) is 18.2 Å². The molecule has 0 saturated carbocycles. The quantitative estimate of drug-likeness (QED) is 0.821. The number of aromatic nitrogens is 1. The zero-order valence-corrected chi connectivity index (χ0v) is 10.2. The summed E-state index contributed by atoms with van der Waals surface area (Å²) in [5, 5.41) is 11.7. The minimum atomic E-state index is -1.09. The molecule has 0 amide bonds. The lowest BCUT2D eigenvalue weighted by Gasteiger charge is -2.20. The number of carbonyl (C=O) groups excluding carboxylic acids is 1. The zero-order valence-electron chi connectivity index (χ0n) is 10.2. The third-order valence-electron chi connectivity index (χ3n) is 3.70. The van der Waals surface area contributed by atoms with Crippen molar-refractivity contribution in [1.29, 1.82) is 0 Å². The number of rotatable bonds is 2. The smallest absolute Gasteiger partial charge is 0.308 e. The first kappa shape index (κ1) is 11.3. The number of hydrogen-bond acceptors (Lipinski definition) is 3. The Bertz CT molecular complexity index is 617. The van der Waals surface area contributed by atoms with E-state index >= 15 is 0 Å². The number of esters is 1. The van der Waals surface area contributed by atoms with E-state index in [1.54, 1.807) is 0 Å². The van der Waals surface area contributed by atoms with Crippen molar-refractivity contribution in [3.05, 3.63) is 36.0 Å². The molecule has 2 heterocycles. The zero-order chi connectivity index (χ0) is 12.8. The first-order chi connectivity index (χ1) is 8.64. The van der Waals surface area contributed by atoms with E-state index in [4.69, 9.17) is 0 Å². The van der Waals surface area contributed by atoms with Crippen LogP contribution in [0.15, 0.2) is 30.3 Å². The number of hydrogen-bond donors (Lipinski definition) is 1. The number of nitrogens with zero attached hydrogens (tertiary/aromatic N) is 1. The van der Waals surface area contributed by atoms with Crippen LogP contribution in [0.2, 0.25) is 0 Å². The summed E-state index contributed by atoms with van der Waals surface area (Å²) in [6.07, 6.45) is 0.572. The number of benzene rings is 1. The summed E-state index contributed by atoms with van der Waals surface area (Å²) in [6, 6.07) is 9.96. The van der Waals surface area contributed by atoms with Gasteiger partial charge in [-0.25, -0.2) is 0 Å². The Morgan fingerprint density at radius 1 is 1.50 bits per heavy atom. The highest BCUT2D eigenvalue weighted by molar-refractivity contribution is 5.82. The summed E-state index contributed by atoms with van der Waals surface area (Å²) < 4.78 is 6.74. The average molecular weight is 245 g/mol. The lowest BCUT2D eigenvalue weighted by atomic mass is 9.94. The van der Waals surface area contributed by atoms with Gasteiger partial charge in [-0.15, -0.1) is 0 Å². The second kappa shape index (κ2) is 3.85. The highest BCUT2D eigenvalue weighted by Gasteiger charge is 2.40. The number of carbonyl (C=O) groups is 1. The number of para-hydroxylation sites is 1. The van der Waals surface area contributed by atoms with Crippen molar-refractivity contribution >= 4 is 16.9 Å². The van der Waals surface area contributed by atoms with Crippen LogP contribution >= 0.6 is 0 Å². The highest BCUT2D eigenvalue weighted by atomic mass is 16.5. The Morgan fingerprint density at radius 3 is 3.06 bits per heavy atom. The van der Waals surface area contributed by atoms with Crippen molar-refractivity contribution in [3.63, 3.8) is 0 Å². The van der Waals surface area contributed by atoms with Crippen LogP contribution in [0.3, 0.4) is 0 Å². The van der Waals surface area contributed by atoms with E-state index in [0.717, 1.165) is 23.1 Å². The van der Waals surface area contributed by atoms with Crippen LogP contribution in [0.4, 0.5) is 0 Å². The molecule has 0 spiro atoms. The molecule has 1 aromatic carbocycles. The summed E-state index contributed by atoms with van der Waals surface area (Å²) in [4.78, 5) is 11.4. The summed E-state index contributed by atoms with van der Waals surface area (Å²) in [7, 11) is 1.34. The summed E-state index contributed by atoms with van der Waals surface area (Å²) in [6.45, 7) is 0.732. The van der Waals surface area contributed by atoms with Gasteiger partial charge in [0.15, 0.2) is 0 Å². The van der Waals surface area contributed by atoms with Crippen molar-refractivity contribution in [2.75, 3.05) is 7.11 Å². The molecule has 0 radical (unpaired) electrons. The molecule has 1 unspecified atom stereocenters. The molecule has 0 aliphatic carbocycles. The van der Waals surface area contributed by atoms with Gasteiger partial charge >= 0.3 is 5.97 Å². The van der Waals surface area contributed by atoms with E-state index in [2.05, 4.69) is 9.30 Å². The standard InChI is InChI=1S/C14H15NO3/c1-18-13(16)9-14(17)6-7-15-11-5-3-2-4-10(11)8-12(14)15/h2-5,8,17H,6-7,9H2,1H3. The molecular formula is C14H15NO3. The maximum absolute atomic E-state index is 11.4. The van der Waals surface area contributed by atoms with E-state index in [9.17, 15) is 9.90 Å². The Balaban J connectivity index is 2.08. The van der Waals surface area contributed by atoms with E-state index in [1.165, 1.54) is 7.11 Å². The molecule has 1 aliphatic rings. The number of aliphatic hydroxyl groups is 1. The van der Waals surface area contributed by atoms with Crippen LogP contribution in [0.25, 0.3) is 10.9 Å². The second-order valence-electron chi connectivity index (χ2n) is 4.77. The van der Waals surface area contributed by atoms with Crippen LogP contribution in [-0.2, 0) is 21.7 Å². The van der Waals surface area contributed by atoms with Gasteiger partial charge in [0.25, 0.3) is 0 Å². The van der Waals surface area contributed by atoms with Crippen LogP contribution in [0.1, 0.15) is 18.5 Å². The van der Waals surface area contributed by atoms with Crippen LogP contribution in [-0.4, -0.2) is 22.8 Å². The van der Waals surface area contributed by atoms with Crippen LogP contribution in [0, 0.1) is 0 Å².